The van der Waals surface area contributed by atoms with Gasteiger partial charge in [-0.3, -0.25) is 14.7 Å². The van der Waals surface area contributed by atoms with Crippen molar-refractivity contribution in [3.05, 3.63) is 35.7 Å². The molecule has 18 heteroatoms. The maximum atomic E-state index is 12.2. The number of nitrogens with two attached hydrogens (primary N) is 1. The second kappa shape index (κ2) is 12.9. The van der Waals surface area contributed by atoms with Crippen LogP contribution in [0.15, 0.2) is 29.2 Å². The predicted molar refractivity (Wildman–Crippen MR) is 125 cm³/mol. The summed E-state index contributed by atoms with van der Waals surface area (Å²) in [6.07, 6.45) is 0.0000772. The van der Waals surface area contributed by atoms with Crippen molar-refractivity contribution < 1.29 is 47.2 Å². The van der Waals surface area contributed by atoms with Gasteiger partial charge >= 0.3 is 24.0 Å². The van der Waals surface area contributed by atoms with Gasteiger partial charge in [0.2, 0.25) is 5.95 Å². The molecule has 1 aromatic carbocycles. The molecule has 0 saturated heterocycles. The molecule has 16 nitrogen and oxygen atoms in total. The van der Waals surface area contributed by atoms with E-state index in [1.807, 2.05) is 0 Å². The number of carboxylic acids is 2. The summed E-state index contributed by atoms with van der Waals surface area (Å²) in [6.45, 7) is 2.70. The number of aromatic nitrogens is 3. The molecule has 198 valence electrons. The van der Waals surface area contributed by atoms with Gasteiger partial charge in [-0.1, -0.05) is 12.1 Å². The molecule has 2 atom stereocenters. The molecule has 0 fully saturated rings. The van der Waals surface area contributed by atoms with Gasteiger partial charge in [0.05, 0.1) is 12.7 Å². The number of sulfonamides is 1. The summed E-state index contributed by atoms with van der Waals surface area (Å²) in [6, 6.07) is 2.59. The summed E-state index contributed by atoms with van der Waals surface area (Å²) in [5.41, 5.74) is 4.62. The number of carbonyl (C=O) groups is 3. The molecule has 0 saturated carbocycles. The zero-order chi connectivity index (χ0) is 27.7. The zero-order valence-corrected chi connectivity index (χ0v) is 21.0. The number of nitrogens with one attached hydrogen (secondary N) is 2. The number of ether oxygens (including phenoxy) is 1. The number of aliphatic carboxylic acids is 1. The molecule has 1 heterocycles. The first kappa shape index (κ1) is 30.4. The molecule has 0 bridgehead atoms. The van der Waals surface area contributed by atoms with Crippen molar-refractivity contribution in [1.82, 2.24) is 19.7 Å². The fourth-order valence-electron chi connectivity index (χ4n) is 2.29. The van der Waals surface area contributed by atoms with Crippen molar-refractivity contribution >= 4 is 41.3 Å². The lowest BCUT2D eigenvalue weighted by Crippen LogP contribution is -2.35. The molecule has 0 aliphatic carbocycles. The Bertz CT molecular complexity index is 1270. The number of amides is 2. The summed E-state index contributed by atoms with van der Waals surface area (Å²) in [5.74, 6) is -2.58. The number of urea groups is 1. The molecule has 2 rings (SSSR count). The number of hydrogen-bond acceptors (Lipinski definition) is 11. The van der Waals surface area contributed by atoms with E-state index >= 15 is 0 Å². The minimum absolute atomic E-state index is 0.0412. The molecular formula is C18H25N6O10PS. The number of methoxy groups -OCH3 is 1. The van der Waals surface area contributed by atoms with Crippen LogP contribution in [0.3, 0.4) is 0 Å². The lowest BCUT2D eigenvalue weighted by Gasteiger charge is -2.10. The van der Waals surface area contributed by atoms with Crippen molar-refractivity contribution in [3.63, 3.8) is 0 Å². The van der Waals surface area contributed by atoms with Gasteiger partial charge in [-0.25, -0.2) is 22.7 Å². The third-order valence-corrected chi connectivity index (χ3v) is 6.42. The molecule has 1 aromatic heterocycles. The Balaban J connectivity index is 0.000000497. The van der Waals surface area contributed by atoms with E-state index in [1.165, 1.54) is 32.8 Å². The van der Waals surface area contributed by atoms with Crippen LogP contribution in [0.1, 0.15) is 22.6 Å². The van der Waals surface area contributed by atoms with Gasteiger partial charge in [-0.05, 0) is 25.5 Å². The van der Waals surface area contributed by atoms with Crippen LogP contribution < -0.4 is 20.5 Å². The van der Waals surface area contributed by atoms with Crippen LogP contribution in [0.4, 0.5) is 10.7 Å². The highest BCUT2D eigenvalue weighted by molar-refractivity contribution is 7.90. The summed E-state index contributed by atoms with van der Waals surface area (Å²) in [5, 5.41) is 19.4. The van der Waals surface area contributed by atoms with E-state index in [1.54, 1.807) is 4.72 Å². The number of hydrogen-bond donors (Lipinski definition) is 6. The Hall–Kier alpha value is -3.66. The molecule has 0 aliphatic rings. The summed E-state index contributed by atoms with van der Waals surface area (Å²) in [4.78, 5) is 52.7. The van der Waals surface area contributed by atoms with Gasteiger partial charge in [-0.2, -0.15) is 15.0 Å². The van der Waals surface area contributed by atoms with Gasteiger partial charge in [0.15, 0.2) is 7.37 Å². The van der Waals surface area contributed by atoms with Gasteiger partial charge in [0.25, 0.3) is 10.0 Å². The van der Waals surface area contributed by atoms with Gasteiger partial charge < -0.3 is 25.6 Å². The summed E-state index contributed by atoms with van der Waals surface area (Å²) < 4.78 is 41.6. The van der Waals surface area contributed by atoms with Gasteiger partial charge in [0.1, 0.15) is 16.8 Å². The number of nitrogens with zero attached hydrogens (tertiary/aromatic N) is 3. The van der Waals surface area contributed by atoms with E-state index in [0.29, 0.717) is 0 Å². The third kappa shape index (κ3) is 10.3. The van der Waals surface area contributed by atoms with Crippen molar-refractivity contribution in [3.8, 4) is 6.01 Å². The average molecular weight is 548 g/mol. The quantitative estimate of drug-likeness (QED) is 0.227. The van der Waals surface area contributed by atoms with Crippen LogP contribution in [0.5, 0.6) is 6.01 Å². The van der Waals surface area contributed by atoms with E-state index < -0.39 is 51.9 Å². The number of aryl methyl sites for hydroxylation is 1. The number of rotatable bonds is 9. The highest BCUT2D eigenvalue weighted by atomic mass is 32.2. The van der Waals surface area contributed by atoms with Crippen molar-refractivity contribution in [2.75, 3.05) is 25.3 Å². The maximum absolute atomic E-state index is 12.2. The number of anilines is 1. The largest absolute Gasteiger partial charge is 0.480 e. The molecule has 0 radical (unpaired) electrons. The summed E-state index contributed by atoms with van der Waals surface area (Å²) in [7, 11) is -6.22. The number of carbonyl (C=O) groups excluding carboxylic acids is 1. The fourth-order valence-corrected chi connectivity index (χ4v) is 4.15. The first-order chi connectivity index (χ1) is 16.6. The molecule has 7 N–H and O–H groups in total. The third-order valence-electron chi connectivity index (χ3n) is 3.94. The van der Waals surface area contributed by atoms with Crippen LogP contribution in [0.2, 0.25) is 0 Å². The minimum Gasteiger partial charge on any atom is -0.480 e. The molecule has 36 heavy (non-hydrogen) atoms. The first-order valence-electron chi connectivity index (χ1n) is 9.76. The zero-order valence-electron chi connectivity index (χ0n) is 19.3. The highest BCUT2D eigenvalue weighted by Gasteiger charge is 2.24. The Labute approximate surface area is 205 Å². The van der Waals surface area contributed by atoms with Crippen LogP contribution in [-0.4, -0.2) is 82.4 Å². The van der Waals surface area contributed by atoms with Crippen LogP contribution in [-0.2, 0) is 19.4 Å². The van der Waals surface area contributed by atoms with Crippen molar-refractivity contribution in [2.45, 2.75) is 24.3 Å². The Kier molecular flexibility index (Phi) is 10.9. The molecule has 0 aliphatic heterocycles. The average Bonchev–Trinajstić information content (AvgIpc) is 2.76. The molecule has 0 spiro atoms. The highest BCUT2D eigenvalue weighted by Crippen LogP contribution is 2.35. The van der Waals surface area contributed by atoms with E-state index in [9.17, 15) is 27.4 Å². The monoisotopic (exact) mass is 548 g/mol. The maximum Gasteiger partial charge on any atom is 0.337 e. The van der Waals surface area contributed by atoms with Crippen molar-refractivity contribution in [2.24, 2.45) is 5.73 Å². The molecule has 2 unspecified atom stereocenters. The lowest BCUT2D eigenvalue weighted by atomic mass is 10.2. The Morgan fingerprint density at radius 2 is 1.78 bits per heavy atom. The number of benzene rings is 1. The Morgan fingerprint density at radius 3 is 2.31 bits per heavy atom. The van der Waals surface area contributed by atoms with Crippen LogP contribution >= 0.6 is 7.37 Å². The predicted octanol–water partition coefficient (Wildman–Crippen LogP) is 0.0858. The standard InChI is InChI=1S/C13H13N5O6S.C5H12NO4P/c1-7-14-11(17-13(15-7)24-2)16-12(21)18-25(22,23)9-6-4-3-5-8(9)10(19)20;1-11(9,10)3-2-4(6)5(7)8/h3-6H,1-2H3,(H,19,20)(H2,14,15,16,17,18,21);4H,2-3,6H2,1H3,(H,7,8)(H,9,10). The molecule has 2 aromatic rings. The fraction of sp³-hybridized carbons (Fsp3) is 0.333. The van der Waals surface area contributed by atoms with Gasteiger partial charge in [0, 0.05) is 12.8 Å². The topological polar surface area (TPSA) is 261 Å². The van der Waals surface area contributed by atoms with Gasteiger partial charge in [-0.15, -0.1) is 0 Å². The van der Waals surface area contributed by atoms with E-state index in [-0.39, 0.29) is 30.4 Å². The van der Waals surface area contributed by atoms with Crippen LogP contribution in [0.25, 0.3) is 0 Å². The van der Waals surface area contributed by atoms with Crippen molar-refractivity contribution in [1.29, 1.82) is 0 Å². The van der Waals surface area contributed by atoms with E-state index in [2.05, 4.69) is 20.3 Å². The van der Waals surface area contributed by atoms with Crippen LogP contribution in [0, 0.1) is 6.92 Å². The van der Waals surface area contributed by atoms with E-state index in [0.717, 1.165) is 12.1 Å². The SMILES string of the molecule is COc1nc(C)nc(NC(=O)NS(=O)(=O)c2ccccc2C(=O)O)n1.CP(=O)(O)CCC(N)C(=O)O. The lowest BCUT2D eigenvalue weighted by molar-refractivity contribution is -0.138. The second-order valence-corrected chi connectivity index (χ2v) is 11.3. The number of carboxylic acid groups (broad SMARTS) is 2. The molecular weight excluding hydrogens is 523 g/mol. The smallest absolute Gasteiger partial charge is 0.337 e. The Morgan fingerprint density at radius 1 is 1.17 bits per heavy atom. The van der Waals surface area contributed by atoms with E-state index in [4.69, 9.17) is 25.6 Å². The first-order valence-corrected chi connectivity index (χ1v) is 13.5. The second-order valence-electron chi connectivity index (χ2n) is 7.06. The minimum atomic E-state index is -4.43. The summed E-state index contributed by atoms with van der Waals surface area (Å²) >= 11 is 0. The molecule has 2 amide bonds. The normalized spacial score (nSPS) is 13.2. The number of aromatic carboxylic acids is 1.